The van der Waals surface area contributed by atoms with E-state index in [9.17, 15) is 9.59 Å². The first-order valence-electron chi connectivity index (χ1n) is 8.98. The van der Waals surface area contributed by atoms with Crippen LogP contribution in [-0.4, -0.2) is 29.1 Å². The molecule has 0 aromatic heterocycles. The zero-order valence-corrected chi connectivity index (χ0v) is 15.6. The van der Waals surface area contributed by atoms with Gasteiger partial charge in [-0.3, -0.25) is 14.5 Å². The Labute approximate surface area is 159 Å². The van der Waals surface area contributed by atoms with E-state index in [0.717, 1.165) is 36.3 Å². The second kappa shape index (κ2) is 8.90. The molecule has 2 aromatic carbocycles. The second-order valence-electron chi connectivity index (χ2n) is 6.37. The van der Waals surface area contributed by atoms with Crippen LogP contribution in [0, 0.1) is 0 Å². The average molecular weight is 369 g/mol. The zero-order valence-electron chi connectivity index (χ0n) is 14.7. The number of carbonyl (C=O) groups excluding carboxylic acids is 2. The van der Waals surface area contributed by atoms with E-state index in [1.807, 2.05) is 24.3 Å². The summed E-state index contributed by atoms with van der Waals surface area (Å²) in [5.41, 5.74) is 1.87. The third-order valence-electron chi connectivity index (χ3n) is 4.46. The first kappa shape index (κ1) is 18.5. The van der Waals surface area contributed by atoms with Gasteiger partial charge in [0.15, 0.2) is 0 Å². The fourth-order valence-corrected chi connectivity index (χ4v) is 3.24. The number of hydrogen-bond acceptors (Lipinski definition) is 4. The van der Waals surface area contributed by atoms with E-state index in [0.29, 0.717) is 17.7 Å². The van der Waals surface area contributed by atoms with Crippen LogP contribution < -0.4 is 4.74 Å². The monoisotopic (exact) mass is 369 g/mol. The minimum Gasteiger partial charge on any atom is -0.494 e. The number of carbonyl (C=O) groups is 2. The lowest BCUT2D eigenvalue weighted by molar-refractivity contribution is 0.0642. The van der Waals surface area contributed by atoms with Crippen LogP contribution in [0.3, 0.4) is 0 Å². The molecule has 0 unspecified atom stereocenters. The van der Waals surface area contributed by atoms with Crippen LogP contribution in [0.4, 0.5) is 0 Å². The topological polar surface area (TPSA) is 46.6 Å². The van der Waals surface area contributed by atoms with E-state index in [2.05, 4.69) is 12.6 Å². The smallest absolute Gasteiger partial charge is 0.261 e. The Morgan fingerprint density at radius 3 is 2.04 bits per heavy atom. The number of amides is 2. The van der Waals surface area contributed by atoms with Gasteiger partial charge in [0.25, 0.3) is 11.8 Å². The van der Waals surface area contributed by atoms with Crippen molar-refractivity contribution in [3.63, 3.8) is 0 Å². The summed E-state index contributed by atoms with van der Waals surface area (Å²) in [5.74, 6) is 1.29. The van der Waals surface area contributed by atoms with Gasteiger partial charge in [0.1, 0.15) is 5.75 Å². The fraction of sp³-hybridized carbons (Fsp3) is 0.333. The Morgan fingerprint density at radius 2 is 1.42 bits per heavy atom. The zero-order chi connectivity index (χ0) is 18.4. The van der Waals surface area contributed by atoms with E-state index < -0.39 is 0 Å². The molecule has 0 radical (unpaired) electrons. The number of nitrogens with zero attached hydrogens (tertiary/aromatic N) is 1. The highest BCUT2D eigenvalue weighted by atomic mass is 32.1. The Kier molecular flexibility index (Phi) is 6.34. The maximum Gasteiger partial charge on any atom is 0.261 e. The van der Waals surface area contributed by atoms with Crippen molar-refractivity contribution < 1.29 is 14.3 Å². The third kappa shape index (κ3) is 4.28. The van der Waals surface area contributed by atoms with E-state index in [4.69, 9.17) is 4.74 Å². The van der Waals surface area contributed by atoms with Gasteiger partial charge in [-0.15, -0.1) is 0 Å². The number of benzene rings is 2. The Hall–Kier alpha value is -2.27. The van der Waals surface area contributed by atoms with Crippen LogP contribution in [0.15, 0.2) is 48.5 Å². The summed E-state index contributed by atoms with van der Waals surface area (Å²) in [5, 5.41) is 0. The molecule has 0 bridgehead atoms. The van der Waals surface area contributed by atoms with Gasteiger partial charge in [-0.05, 0) is 48.4 Å². The van der Waals surface area contributed by atoms with Gasteiger partial charge in [0, 0.05) is 0 Å². The lowest BCUT2D eigenvalue weighted by Crippen LogP contribution is -2.29. The molecular formula is C21H23NO3S. The minimum absolute atomic E-state index is 0.230. The number of hydrogen-bond donors (Lipinski definition) is 1. The highest BCUT2D eigenvalue weighted by Gasteiger charge is 2.34. The van der Waals surface area contributed by atoms with Crippen molar-refractivity contribution in [1.29, 1.82) is 0 Å². The van der Waals surface area contributed by atoms with Gasteiger partial charge in [-0.25, -0.2) is 0 Å². The van der Waals surface area contributed by atoms with E-state index >= 15 is 0 Å². The molecule has 0 saturated heterocycles. The molecule has 2 amide bonds. The predicted octanol–water partition coefficient (Wildman–Crippen LogP) is 4.35. The van der Waals surface area contributed by atoms with Gasteiger partial charge in [0.05, 0.1) is 24.3 Å². The lowest BCUT2D eigenvalue weighted by atomic mass is 10.1. The molecule has 5 heteroatoms. The number of unbranched alkanes of at least 4 members (excludes halogenated alkanes) is 3. The summed E-state index contributed by atoms with van der Waals surface area (Å²) in [6.45, 7) is 0.973. The van der Waals surface area contributed by atoms with Crippen molar-refractivity contribution in [1.82, 2.24) is 4.90 Å². The first-order valence-corrected chi connectivity index (χ1v) is 9.62. The summed E-state index contributed by atoms with van der Waals surface area (Å²) in [6.07, 6.45) is 4.52. The molecule has 0 N–H and O–H groups in total. The summed E-state index contributed by atoms with van der Waals surface area (Å²) in [6, 6.07) is 14.5. The quantitative estimate of drug-likeness (QED) is 0.406. The van der Waals surface area contributed by atoms with E-state index in [-0.39, 0.29) is 18.4 Å². The fourth-order valence-electron chi connectivity index (χ4n) is 3.01. The largest absolute Gasteiger partial charge is 0.494 e. The average Bonchev–Trinajstić information content (AvgIpc) is 2.91. The summed E-state index contributed by atoms with van der Waals surface area (Å²) in [4.78, 5) is 26.1. The molecule has 0 aliphatic carbocycles. The summed E-state index contributed by atoms with van der Waals surface area (Å²) < 4.78 is 5.74. The molecular weight excluding hydrogens is 346 g/mol. The predicted molar refractivity (Wildman–Crippen MR) is 105 cm³/mol. The van der Waals surface area contributed by atoms with Crippen molar-refractivity contribution in [3.05, 3.63) is 65.2 Å². The van der Waals surface area contributed by atoms with Crippen LogP contribution in [0.2, 0.25) is 0 Å². The molecule has 3 rings (SSSR count). The number of thiol groups is 1. The van der Waals surface area contributed by atoms with Crippen LogP contribution in [0.5, 0.6) is 5.75 Å². The van der Waals surface area contributed by atoms with Crippen molar-refractivity contribution >= 4 is 24.4 Å². The van der Waals surface area contributed by atoms with Gasteiger partial charge >= 0.3 is 0 Å². The van der Waals surface area contributed by atoms with Crippen LogP contribution >= 0.6 is 12.6 Å². The van der Waals surface area contributed by atoms with Crippen molar-refractivity contribution in [3.8, 4) is 5.75 Å². The standard InChI is InChI=1S/C21H23NO3S/c23-20-18-7-3-4-8-19(18)21(24)22(20)15-16-9-11-17(12-10-16)25-13-5-1-2-6-14-26/h3-4,7-12,26H,1-2,5-6,13-15H2. The molecule has 1 heterocycles. The highest BCUT2D eigenvalue weighted by molar-refractivity contribution is 7.80. The molecule has 2 aromatic rings. The van der Waals surface area contributed by atoms with Gasteiger partial charge in [0.2, 0.25) is 0 Å². The number of rotatable bonds is 9. The molecule has 4 nitrogen and oxygen atoms in total. The Morgan fingerprint density at radius 1 is 0.808 bits per heavy atom. The molecule has 1 aliphatic heterocycles. The maximum absolute atomic E-state index is 12.4. The van der Waals surface area contributed by atoms with Gasteiger partial charge < -0.3 is 4.74 Å². The van der Waals surface area contributed by atoms with Crippen LogP contribution in [-0.2, 0) is 6.54 Å². The molecule has 0 spiro atoms. The summed E-state index contributed by atoms with van der Waals surface area (Å²) in [7, 11) is 0. The maximum atomic E-state index is 12.4. The van der Waals surface area contributed by atoms with Crippen molar-refractivity contribution in [2.24, 2.45) is 0 Å². The van der Waals surface area contributed by atoms with Crippen LogP contribution in [0.25, 0.3) is 0 Å². The molecule has 0 saturated carbocycles. The molecule has 0 atom stereocenters. The Bertz CT molecular complexity index is 738. The van der Waals surface area contributed by atoms with E-state index in [1.54, 1.807) is 24.3 Å². The highest BCUT2D eigenvalue weighted by Crippen LogP contribution is 2.24. The Balaban J connectivity index is 1.52. The normalized spacial score (nSPS) is 13.2. The lowest BCUT2D eigenvalue weighted by Gasteiger charge is -2.14. The van der Waals surface area contributed by atoms with Crippen molar-refractivity contribution in [2.45, 2.75) is 32.2 Å². The third-order valence-corrected chi connectivity index (χ3v) is 4.78. The minimum atomic E-state index is -0.230. The molecule has 1 aliphatic rings. The number of fused-ring (bicyclic) bond motifs is 1. The molecule has 0 fully saturated rings. The van der Waals surface area contributed by atoms with Gasteiger partial charge in [-0.1, -0.05) is 37.1 Å². The van der Waals surface area contributed by atoms with Crippen LogP contribution in [0.1, 0.15) is 52.0 Å². The van der Waals surface area contributed by atoms with E-state index in [1.165, 1.54) is 11.3 Å². The first-order chi connectivity index (χ1) is 12.7. The SMILES string of the molecule is O=C1c2ccccc2C(=O)N1Cc1ccc(OCCCCCCS)cc1. The van der Waals surface area contributed by atoms with Gasteiger partial charge in [-0.2, -0.15) is 12.6 Å². The number of imide groups is 1. The number of ether oxygens (including phenoxy) is 1. The van der Waals surface area contributed by atoms with Crippen molar-refractivity contribution in [2.75, 3.05) is 12.4 Å². The molecule has 26 heavy (non-hydrogen) atoms. The second-order valence-corrected chi connectivity index (χ2v) is 6.82. The summed E-state index contributed by atoms with van der Waals surface area (Å²) >= 11 is 4.20. The molecule has 136 valence electrons.